The largest absolute Gasteiger partial charge is 0.508 e. The van der Waals surface area contributed by atoms with Gasteiger partial charge in [0.1, 0.15) is 29.4 Å². The third kappa shape index (κ3) is 7.69. The lowest BCUT2D eigenvalue weighted by Gasteiger charge is -2.36. The van der Waals surface area contributed by atoms with Crippen LogP contribution in [-0.2, 0) is 28.7 Å². The molecule has 0 unspecified atom stereocenters. The molecule has 49 heavy (non-hydrogen) atoms. The molecule has 0 radical (unpaired) electrons. The second-order valence-corrected chi connectivity index (χ2v) is 11.0. The third-order valence-corrected chi connectivity index (χ3v) is 7.55. The average molecular weight is 683 g/mol. The Hall–Kier alpha value is -6.19. The van der Waals surface area contributed by atoms with Crippen molar-refractivity contribution in [1.82, 2.24) is 0 Å². The zero-order valence-electron chi connectivity index (χ0n) is 25.7. The van der Waals surface area contributed by atoms with E-state index in [9.17, 15) is 39.3 Å². The number of carbonyl (C=O) groups is 5. The lowest BCUT2D eigenvalue weighted by atomic mass is 9.92. The molecule has 4 atom stereocenters. The molecular formula is C33H30O16. The number of phenols is 3. The Morgan fingerprint density at radius 1 is 0.714 bits per heavy atom. The first-order valence-electron chi connectivity index (χ1n) is 14.7. The van der Waals surface area contributed by atoms with Crippen LogP contribution in [0.15, 0.2) is 48.5 Å². The zero-order chi connectivity index (χ0) is 35.4. The second kappa shape index (κ2) is 14.3. The fourth-order valence-corrected chi connectivity index (χ4v) is 5.23. The molecule has 0 fully saturated rings. The molecule has 0 aromatic heterocycles. The summed E-state index contributed by atoms with van der Waals surface area (Å²) in [6, 6.07) is 10.7. The monoisotopic (exact) mass is 682 g/mol. The van der Waals surface area contributed by atoms with Gasteiger partial charge in [-0.05, 0) is 24.3 Å². The van der Waals surface area contributed by atoms with Gasteiger partial charge in [0.15, 0.2) is 41.3 Å². The number of hydrogen-bond acceptors (Lipinski definition) is 14. The summed E-state index contributed by atoms with van der Waals surface area (Å²) < 4.78 is 34.3. The summed E-state index contributed by atoms with van der Waals surface area (Å²) in [7, 11) is 1.34. The minimum absolute atomic E-state index is 0.0968. The van der Waals surface area contributed by atoms with Crippen molar-refractivity contribution in [2.45, 2.75) is 50.1 Å². The van der Waals surface area contributed by atoms with E-state index in [1.165, 1.54) is 43.5 Å². The van der Waals surface area contributed by atoms with Crippen molar-refractivity contribution in [2.24, 2.45) is 0 Å². The van der Waals surface area contributed by atoms with Crippen LogP contribution in [0.4, 0.5) is 0 Å². The van der Waals surface area contributed by atoms with Gasteiger partial charge < -0.3 is 54.0 Å². The highest BCUT2D eigenvalue weighted by molar-refractivity contribution is 6.06. The molecule has 258 valence electrons. The molecule has 5 rings (SSSR count). The first-order valence-corrected chi connectivity index (χ1v) is 14.7. The number of carboxylic acids is 2. The standard InChI is InChI=1S/C33H30O16/c1-44-21-10-15(2-4-18(21)35)31-24(14-45-27(41)8-6-25(37)38)46-20-5-3-16(11-22(20)47-31)32-33(49-28(42)9-7-26(39)40)30(43)29-19(36)12-17(34)13-23(29)48-32/h2-5,10-13,24,31-36H,6-9,14H2,1H3,(H,37,38)(H,39,40)/t24-,31-,32+,33-/m0/s1. The summed E-state index contributed by atoms with van der Waals surface area (Å²) >= 11 is 0. The van der Waals surface area contributed by atoms with E-state index in [4.69, 9.17) is 38.6 Å². The summed E-state index contributed by atoms with van der Waals surface area (Å²) in [4.78, 5) is 60.3. The molecule has 0 aliphatic carbocycles. The van der Waals surface area contributed by atoms with Crippen molar-refractivity contribution in [1.29, 1.82) is 0 Å². The average Bonchev–Trinajstić information content (AvgIpc) is 3.05. The van der Waals surface area contributed by atoms with Crippen molar-refractivity contribution in [3.05, 3.63) is 65.2 Å². The van der Waals surface area contributed by atoms with Gasteiger partial charge in [0.25, 0.3) is 0 Å². The topological polar surface area (TPSA) is 242 Å². The number of aromatic hydroxyl groups is 3. The van der Waals surface area contributed by atoms with E-state index in [-0.39, 0.29) is 52.9 Å². The van der Waals surface area contributed by atoms with Crippen LogP contribution < -0.4 is 18.9 Å². The number of fused-ring (bicyclic) bond motifs is 2. The number of esters is 2. The van der Waals surface area contributed by atoms with Crippen LogP contribution in [0.25, 0.3) is 0 Å². The molecular weight excluding hydrogens is 652 g/mol. The van der Waals surface area contributed by atoms with Crippen molar-refractivity contribution in [3.63, 3.8) is 0 Å². The van der Waals surface area contributed by atoms with Gasteiger partial charge in [-0.2, -0.15) is 0 Å². The Balaban J connectivity index is 1.49. The molecule has 2 aliphatic heterocycles. The van der Waals surface area contributed by atoms with Crippen LogP contribution in [0, 0.1) is 0 Å². The Kier molecular flexibility index (Phi) is 9.96. The fourth-order valence-electron chi connectivity index (χ4n) is 5.23. The minimum Gasteiger partial charge on any atom is -0.508 e. The van der Waals surface area contributed by atoms with Gasteiger partial charge in [-0.3, -0.25) is 24.0 Å². The predicted octanol–water partition coefficient (Wildman–Crippen LogP) is 3.19. The highest BCUT2D eigenvalue weighted by Gasteiger charge is 2.44. The molecule has 3 aromatic carbocycles. The van der Waals surface area contributed by atoms with Gasteiger partial charge in [0.05, 0.1) is 32.8 Å². The van der Waals surface area contributed by atoms with Gasteiger partial charge in [-0.1, -0.05) is 12.1 Å². The van der Waals surface area contributed by atoms with Gasteiger partial charge >= 0.3 is 23.9 Å². The Bertz CT molecular complexity index is 1800. The number of aliphatic carboxylic acids is 2. The first-order chi connectivity index (χ1) is 23.3. The zero-order valence-corrected chi connectivity index (χ0v) is 25.7. The maximum absolute atomic E-state index is 13.6. The fraction of sp³-hybridized carbons (Fsp3) is 0.303. The predicted molar refractivity (Wildman–Crippen MR) is 161 cm³/mol. The summed E-state index contributed by atoms with van der Waals surface area (Å²) in [5.41, 5.74) is 0.275. The molecule has 3 aromatic rings. The number of phenolic OH excluding ortho intramolecular Hbond substituents is 3. The number of hydrogen-bond donors (Lipinski definition) is 5. The number of carbonyl (C=O) groups excluding carboxylic acids is 3. The minimum atomic E-state index is -1.69. The number of ketones is 1. The number of carboxylic acid groups (broad SMARTS) is 2. The molecule has 0 amide bonds. The van der Waals surface area contributed by atoms with E-state index in [0.29, 0.717) is 5.56 Å². The van der Waals surface area contributed by atoms with Gasteiger partial charge in [-0.15, -0.1) is 0 Å². The quantitative estimate of drug-likeness (QED) is 0.172. The summed E-state index contributed by atoms with van der Waals surface area (Å²) in [5, 5.41) is 48.4. The third-order valence-electron chi connectivity index (χ3n) is 7.55. The molecule has 5 N–H and O–H groups in total. The van der Waals surface area contributed by atoms with Gasteiger partial charge in [0.2, 0.25) is 11.9 Å². The van der Waals surface area contributed by atoms with Crippen LogP contribution in [0.2, 0.25) is 0 Å². The summed E-state index contributed by atoms with van der Waals surface area (Å²) in [5.74, 6) is -6.18. The smallest absolute Gasteiger partial charge is 0.307 e. The van der Waals surface area contributed by atoms with E-state index in [1.807, 2.05) is 0 Å². The Labute approximate surface area is 276 Å². The van der Waals surface area contributed by atoms with Crippen LogP contribution in [-0.4, -0.2) is 81.1 Å². The maximum atomic E-state index is 13.6. The molecule has 0 saturated carbocycles. The number of Topliss-reactive ketones (excluding diaryl/α,β-unsaturated/α-hetero) is 1. The Morgan fingerprint density at radius 3 is 2.06 bits per heavy atom. The van der Waals surface area contributed by atoms with E-state index in [2.05, 4.69) is 0 Å². The van der Waals surface area contributed by atoms with E-state index >= 15 is 0 Å². The number of methoxy groups -OCH3 is 1. The molecule has 0 saturated heterocycles. The van der Waals surface area contributed by atoms with Crippen LogP contribution in [0.5, 0.6) is 40.2 Å². The van der Waals surface area contributed by atoms with Crippen molar-refractivity contribution in [3.8, 4) is 40.2 Å². The first kappa shape index (κ1) is 34.2. The van der Waals surface area contributed by atoms with E-state index in [0.717, 1.165) is 12.1 Å². The van der Waals surface area contributed by atoms with E-state index in [1.54, 1.807) is 0 Å². The number of ether oxygens (including phenoxy) is 6. The normalized spacial score (nSPS) is 19.2. The molecule has 16 heteroatoms. The van der Waals surface area contributed by atoms with Gasteiger partial charge in [-0.25, -0.2) is 0 Å². The molecule has 0 bridgehead atoms. The van der Waals surface area contributed by atoms with Crippen LogP contribution in [0.1, 0.15) is 59.4 Å². The van der Waals surface area contributed by atoms with Crippen LogP contribution in [0.3, 0.4) is 0 Å². The SMILES string of the molecule is COc1cc([C@@H]2Oc3cc([C@H]4Oc5cc(O)cc(O)c5C(=O)[C@@H]4OC(=O)CCC(=O)O)ccc3O[C@H]2COC(=O)CCC(=O)O)ccc1O. The Morgan fingerprint density at radius 2 is 1.37 bits per heavy atom. The molecule has 2 aliphatic rings. The number of rotatable bonds is 12. The van der Waals surface area contributed by atoms with Crippen molar-refractivity contribution < 1.29 is 77.9 Å². The lowest BCUT2D eigenvalue weighted by molar-refractivity contribution is -0.154. The highest BCUT2D eigenvalue weighted by atomic mass is 16.6. The van der Waals surface area contributed by atoms with Crippen LogP contribution >= 0.6 is 0 Å². The lowest BCUT2D eigenvalue weighted by Crippen LogP contribution is -2.40. The second-order valence-electron chi connectivity index (χ2n) is 11.0. The molecule has 16 nitrogen and oxygen atoms in total. The van der Waals surface area contributed by atoms with E-state index < -0.39 is 84.8 Å². The van der Waals surface area contributed by atoms with Gasteiger partial charge in [0, 0.05) is 23.3 Å². The maximum Gasteiger partial charge on any atom is 0.307 e. The summed E-state index contributed by atoms with van der Waals surface area (Å²) in [6.45, 7) is -0.355. The summed E-state index contributed by atoms with van der Waals surface area (Å²) in [6.07, 6.45) is -6.97. The van der Waals surface area contributed by atoms with Crippen molar-refractivity contribution >= 4 is 29.7 Å². The number of benzene rings is 3. The van der Waals surface area contributed by atoms with Crippen molar-refractivity contribution in [2.75, 3.05) is 13.7 Å². The molecule has 2 heterocycles. The highest BCUT2D eigenvalue weighted by Crippen LogP contribution is 2.46. The molecule has 0 spiro atoms.